The van der Waals surface area contributed by atoms with Crippen molar-refractivity contribution in [3.8, 4) is 17.2 Å². The minimum absolute atomic E-state index is 0.00731. The largest absolute Gasteiger partial charge is 0.504 e. The molecule has 7 nitrogen and oxygen atoms in total. The Morgan fingerprint density at radius 1 is 1.21 bits per heavy atom. The fourth-order valence-corrected chi connectivity index (χ4v) is 2.55. The Morgan fingerprint density at radius 2 is 2.00 bits per heavy atom. The van der Waals surface area contributed by atoms with Gasteiger partial charge in [-0.25, -0.2) is 4.68 Å². The first-order valence-electron chi connectivity index (χ1n) is 8.63. The van der Waals surface area contributed by atoms with Crippen LogP contribution in [0.5, 0.6) is 11.5 Å². The van der Waals surface area contributed by atoms with Crippen molar-refractivity contribution in [2.45, 2.75) is 19.4 Å². The quantitative estimate of drug-likeness (QED) is 0.504. The number of allylic oxidation sites excluding steroid dienone is 1. The molecule has 0 aliphatic carbocycles. The van der Waals surface area contributed by atoms with Gasteiger partial charge < -0.3 is 14.9 Å². The topological polar surface area (TPSA) is 97.5 Å². The lowest BCUT2D eigenvalue weighted by molar-refractivity contribution is 0.0737. The number of benzene rings is 2. The second kappa shape index (κ2) is 7.66. The third kappa shape index (κ3) is 4.27. The molecule has 0 radical (unpaired) electrons. The molecule has 2 aromatic carbocycles. The number of phenolic OH excluding ortho intramolecular Hbond substituents is 1. The number of methoxy groups -OCH3 is 1. The van der Waals surface area contributed by atoms with E-state index < -0.39 is 5.60 Å². The Labute approximate surface area is 162 Å². The van der Waals surface area contributed by atoms with Crippen LogP contribution in [0.1, 0.15) is 35.5 Å². The lowest BCUT2D eigenvalue weighted by atomic mass is 10.1. The monoisotopic (exact) mass is 379 g/mol. The van der Waals surface area contributed by atoms with Gasteiger partial charge in [0, 0.05) is 5.56 Å². The third-order valence-corrected chi connectivity index (χ3v) is 4.15. The SMILES string of the molecule is COc1ccc(/C=C/C(=O)c2cccc(-n3cc(C(C)(C)O)nn3)c2)cc1O. The van der Waals surface area contributed by atoms with Gasteiger partial charge in [0.1, 0.15) is 11.3 Å². The van der Waals surface area contributed by atoms with Crippen LogP contribution in [0.15, 0.2) is 54.7 Å². The number of aromatic nitrogens is 3. The van der Waals surface area contributed by atoms with Crippen molar-refractivity contribution in [1.82, 2.24) is 15.0 Å². The highest BCUT2D eigenvalue weighted by molar-refractivity contribution is 6.07. The average molecular weight is 379 g/mol. The van der Waals surface area contributed by atoms with Gasteiger partial charge in [-0.15, -0.1) is 5.10 Å². The summed E-state index contributed by atoms with van der Waals surface area (Å²) >= 11 is 0. The Morgan fingerprint density at radius 3 is 2.64 bits per heavy atom. The highest BCUT2D eigenvalue weighted by Crippen LogP contribution is 2.26. The Bertz CT molecular complexity index is 1030. The maximum absolute atomic E-state index is 12.5. The summed E-state index contributed by atoms with van der Waals surface area (Å²) in [5, 5.41) is 27.8. The van der Waals surface area contributed by atoms with Gasteiger partial charge in [-0.1, -0.05) is 29.5 Å². The molecule has 7 heteroatoms. The highest BCUT2D eigenvalue weighted by Gasteiger charge is 2.20. The van der Waals surface area contributed by atoms with E-state index in [4.69, 9.17) is 4.74 Å². The van der Waals surface area contributed by atoms with Crippen molar-refractivity contribution in [1.29, 1.82) is 0 Å². The molecular formula is C21H21N3O4. The van der Waals surface area contributed by atoms with Crippen LogP contribution in [0.3, 0.4) is 0 Å². The minimum atomic E-state index is -1.10. The molecule has 3 rings (SSSR count). The average Bonchev–Trinajstić information content (AvgIpc) is 3.17. The summed E-state index contributed by atoms with van der Waals surface area (Å²) in [6, 6.07) is 11.8. The standard InChI is InChI=1S/C21H21N3O4/c1-21(2,27)20-13-24(23-22-20)16-6-4-5-15(12-16)17(25)9-7-14-8-10-19(28-3)18(26)11-14/h4-13,26-27H,1-3H3/b9-7+. The lowest BCUT2D eigenvalue weighted by Crippen LogP contribution is -2.15. The van der Waals surface area contributed by atoms with Gasteiger partial charge in [-0.2, -0.15) is 0 Å². The first kappa shape index (κ1) is 19.3. The zero-order chi connectivity index (χ0) is 20.3. The van der Waals surface area contributed by atoms with Crippen LogP contribution in [-0.4, -0.2) is 38.1 Å². The number of hydrogen-bond acceptors (Lipinski definition) is 6. The fraction of sp³-hybridized carbons (Fsp3) is 0.190. The molecule has 0 saturated heterocycles. The van der Waals surface area contributed by atoms with Crippen LogP contribution < -0.4 is 4.74 Å². The van der Waals surface area contributed by atoms with Gasteiger partial charge in [0.15, 0.2) is 17.3 Å². The zero-order valence-corrected chi connectivity index (χ0v) is 15.8. The van der Waals surface area contributed by atoms with E-state index in [0.29, 0.717) is 28.3 Å². The van der Waals surface area contributed by atoms with E-state index in [1.165, 1.54) is 23.9 Å². The number of aromatic hydroxyl groups is 1. The molecule has 3 aromatic rings. The number of ether oxygens (including phenoxy) is 1. The number of nitrogens with zero attached hydrogens (tertiary/aromatic N) is 3. The van der Waals surface area contributed by atoms with Gasteiger partial charge >= 0.3 is 0 Å². The van der Waals surface area contributed by atoms with E-state index in [0.717, 1.165) is 0 Å². The summed E-state index contributed by atoms with van der Waals surface area (Å²) in [5.41, 5.74) is 1.15. The predicted octanol–water partition coefficient (Wildman–Crippen LogP) is 3.11. The van der Waals surface area contributed by atoms with Gasteiger partial charge in [0.25, 0.3) is 0 Å². The van der Waals surface area contributed by atoms with Gasteiger partial charge in [-0.3, -0.25) is 4.79 Å². The van der Waals surface area contributed by atoms with Crippen LogP contribution in [0.4, 0.5) is 0 Å². The molecule has 1 aromatic heterocycles. The smallest absolute Gasteiger partial charge is 0.185 e. The molecule has 1 heterocycles. The normalized spacial score (nSPS) is 11.7. The van der Waals surface area contributed by atoms with Crippen molar-refractivity contribution in [2.75, 3.05) is 7.11 Å². The molecule has 0 aliphatic heterocycles. The number of ketones is 1. The predicted molar refractivity (Wildman–Crippen MR) is 105 cm³/mol. The lowest BCUT2D eigenvalue weighted by Gasteiger charge is -2.11. The number of rotatable bonds is 6. The Hall–Kier alpha value is -3.45. The van der Waals surface area contributed by atoms with Crippen molar-refractivity contribution in [2.24, 2.45) is 0 Å². The summed E-state index contributed by atoms with van der Waals surface area (Å²) in [5.74, 6) is 0.183. The van der Waals surface area contributed by atoms with E-state index in [9.17, 15) is 15.0 Å². The second-order valence-electron chi connectivity index (χ2n) is 6.79. The molecule has 0 aliphatic rings. The fourth-order valence-electron chi connectivity index (χ4n) is 2.55. The molecule has 0 spiro atoms. The van der Waals surface area contributed by atoms with Gasteiger partial charge in [0.05, 0.1) is 19.0 Å². The third-order valence-electron chi connectivity index (χ3n) is 4.15. The number of phenols is 1. The van der Waals surface area contributed by atoms with Crippen molar-refractivity contribution in [3.63, 3.8) is 0 Å². The number of carbonyl (C=O) groups is 1. The van der Waals surface area contributed by atoms with Gasteiger partial charge in [-0.05, 0) is 49.8 Å². The molecule has 28 heavy (non-hydrogen) atoms. The summed E-state index contributed by atoms with van der Waals surface area (Å²) in [4.78, 5) is 12.5. The summed E-state index contributed by atoms with van der Waals surface area (Å²) in [6.45, 7) is 3.26. The minimum Gasteiger partial charge on any atom is -0.504 e. The molecule has 0 unspecified atom stereocenters. The van der Waals surface area contributed by atoms with E-state index >= 15 is 0 Å². The van der Waals surface area contributed by atoms with E-state index in [1.54, 1.807) is 62.5 Å². The molecule has 0 amide bonds. The van der Waals surface area contributed by atoms with Crippen LogP contribution in [0.25, 0.3) is 11.8 Å². The van der Waals surface area contributed by atoms with Crippen molar-refractivity contribution >= 4 is 11.9 Å². The van der Waals surface area contributed by atoms with Gasteiger partial charge in [0.2, 0.25) is 0 Å². The second-order valence-corrected chi connectivity index (χ2v) is 6.79. The summed E-state index contributed by atoms with van der Waals surface area (Å²) < 4.78 is 6.51. The number of aliphatic hydroxyl groups is 1. The van der Waals surface area contributed by atoms with Crippen LogP contribution in [0, 0.1) is 0 Å². The van der Waals surface area contributed by atoms with Crippen LogP contribution in [-0.2, 0) is 5.60 Å². The van der Waals surface area contributed by atoms with E-state index in [-0.39, 0.29) is 11.5 Å². The molecule has 0 bridgehead atoms. The maximum Gasteiger partial charge on any atom is 0.185 e. The molecule has 0 atom stereocenters. The summed E-state index contributed by atoms with van der Waals surface area (Å²) in [7, 11) is 1.47. The van der Waals surface area contributed by atoms with Crippen LogP contribution in [0.2, 0.25) is 0 Å². The maximum atomic E-state index is 12.5. The molecule has 2 N–H and O–H groups in total. The number of hydrogen-bond donors (Lipinski definition) is 2. The molecule has 144 valence electrons. The Kier molecular flexibility index (Phi) is 5.28. The van der Waals surface area contributed by atoms with Crippen molar-refractivity contribution < 1.29 is 19.7 Å². The molecule has 0 fully saturated rings. The zero-order valence-electron chi connectivity index (χ0n) is 15.8. The summed E-state index contributed by atoms with van der Waals surface area (Å²) in [6.07, 6.45) is 4.68. The number of carbonyl (C=O) groups excluding carboxylic acids is 1. The van der Waals surface area contributed by atoms with E-state index in [2.05, 4.69) is 10.3 Å². The first-order chi connectivity index (χ1) is 13.3. The molecular weight excluding hydrogens is 358 g/mol. The van der Waals surface area contributed by atoms with E-state index in [1.807, 2.05) is 0 Å². The highest BCUT2D eigenvalue weighted by atomic mass is 16.5. The van der Waals surface area contributed by atoms with Crippen molar-refractivity contribution in [3.05, 3.63) is 71.6 Å². The molecule has 0 saturated carbocycles. The van der Waals surface area contributed by atoms with Crippen LogP contribution >= 0.6 is 0 Å². The Balaban J connectivity index is 1.80. The first-order valence-corrected chi connectivity index (χ1v) is 8.63.